The molecular formula is C14H21N. The smallest absolute Gasteiger partial charge is 0.000803 e. The fourth-order valence-corrected chi connectivity index (χ4v) is 2.94. The zero-order valence-electron chi connectivity index (χ0n) is 10.0. The lowest BCUT2D eigenvalue weighted by Crippen LogP contribution is -2.23. The second-order valence-electron chi connectivity index (χ2n) is 5.13. The molecule has 2 rings (SSSR count). The normalized spacial score (nSPS) is 25.1. The van der Waals surface area contributed by atoms with Crippen LogP contribution in [0.2, 0.25) is 0 Å². The van der Waals surface area contributed by atoms with Gasteiger partial charge in [0.15, 0.2) is 0 Å². The highest BCUT2D eigenvalue weighted by molar-refractivity contribution is 5.42. The average molecular weight is 203 g/mol. The van der Waals surface area contributed by atoms with E-state index in [1.165, 1.54) is 29.5 Å². The van der Waals surface area contributed by atoms with Gasteiger partial charge < -0.3 is 5.73 Å². The van der Waals surface area contributed by atoms with Crippen LogP contribution in [0, 0.1) is 19.8 Å². The third-order valence-corrected chi connectivity index (χ3v) is 3.62. The minimum Gasteiger partial charge on any atom is -0.330 e. The topological polar surface area (TPSA) is 26.0 Å². The van der Waals surface area contributed by atoms with Crippen molar-refractivity contribution >= 4 is 0 Å². The Hall–Kier alpha value is -0.820. The quantitative estimate of drug-likeness (QED) is 0.746. The van der Waals surface area contributed by atoms with Crippen molar-refractivity contribution in [3.63, 3.8) is 0 Å². The van der Waals surface area contributed by atoms with Crippen LogP contribution in [0.15, 0.2) is 12.1 Å². The Morgan fingerprint density at radius 2 is 2.07 bits per heavy atom. The molecule has 1 nitrogen and oxygen atoms in total. The Morgan fingerprint density at radius 1 is 1.33 bits per heavy atom. The first-order valence-electron chi connectivity index (χ1n) is 5.92. The summed E-state index contributed by atoms with van der Waals surface area (Å²) in [6, 6.07) is 4.64. The van der Waals surface area contributed by atoms with E-state index in [0.717, 1.165) is 12.5 Å². The third-order valence-electron chi connectivity index (χ3n) is 3.62. The molecule has 0 saturated heterocycles. The summed E-state index contributed by atoms with van der Waals surface area (Å²) in [7, 11) is 0. The standard InChI is InChI=1S/C14H21N/c1-9-4-11(3)13-6-10(2)5-12(8-15)14(13)7-9/h4,7,10,12H,5-6,8,15H2,1-3H3. The number of benzene rings is 1. The highest BCUT2D eigenvalue weighted by Gasteiger charge is 2.24. The molecule has 1 aliphatic rings. The number of rotatable bonds is 1. The fraction of sp³-hybridized carbons (Fsp3) is 0.571. The van der Waals surface area contributed by atoms with Gasteiger partial charge in [-0.3, -0.25) is 0 Å². The van der Waals surface area contributed by atoms with Crippen LogP contribution >= 0.6 is 0 Å². The highest BCUT2D eigenvalue weighted by atomic mass is 14.6. The van der Waals surface area contributed by atoms with Crippen LogP contribution in [-0.2, 0) is 6.42 Å². The Kier molecular flexibility index (Phi) is 2.83. The van der Waals surface area contributed by atoms with E-state index in [2.05, 4.69) is 32.9 Å². The summed E-state index contributed by atoms with van der Waals surface area (Å²) in [5.74, 6) is 1.37. The number of hydrogen-bond acceptors (Lipinski definition) is 1. The summed E-state index contributed by atoms with van der Waals surface area (Å²) in [4.78, 5) is 0. The van der Waals surface area contributed by atoms with Crippen molar-refractivity contribution in [1.82, 2.24) is 0 Å². The number of aryl methyl sites for hydroxylation is 2. The molecule has 82 valence electrons. The van der Waals surface area contributed by atoms with Gasteiger partial charge in [-0.05, 0) is 61.8 Å². The summed E-state index contributed by atoms with van der Waals surface area (Å²) in [5.41, 5.74) is 11.8. The highest BCUT2D eigenvalue weighted by Crippen LogP contribution is 2.36. The van der Waals surface area contributed by atoms with Gasteiger partial charge >= 0.3 is 0 Å². The minimum atomic E-state index is 0.586. The van der Waals surface area contributed by atoms with Gasteiger partial charge in [0.2, 0.25) is 0 Å². The Labute approximate surface area is 92.7 Å². The fourth-order valence-electron chi connectivity index (χ4n) is 2.94. The van der Waals surface area contributed by atoms with Gasteiger partial charge in [-0.25, -0.2) is 0 Å². The van der Waals surface area contributed by atoms with Crippen LogP contribution < -0.4 is 5.73 Å². The number of fused-ring (bicyclic) bond motifs is 1. The Morgan fingerprint density at radius 3 is 2.73 bits per heavy atom. The first-order chi connectivity index (χ1) is 7.11. The van der Waals surface area contributed by atoms with Gasteiger partial charge in [0.05, 0.1) is 0 Å². The zero-order valence-corrected chi connectivity index (χ0v) is 10.0. The molecule has 0 spiro atoms. The van der Waals surface area contributed by atoms with Gasteiger partial charge in [-0.1, -0.05) is 24.6 Å². The minimum absolute atomic E-state index is 0.586. The summed E-state index contributed by atoms with van der Waals surface area (Å²) in [5, 5.41) is 0. The van der Waals surface area contributed by atoms with Crippen LogP contribution in [0.5, 0.6) is 0 Å². The van der Waals surface area contributed by atoms with Crippen molar-refractivity contribution in [2.45, 2.75) is 39.5 Å². The number of nitrogens with two attached hydrogens (primary N) is 1. The van der Waals surface area contributed by atoms with Crippen LogP contribution in [0.1, 0.15) is 41.5 Å². The van der Waals surface area contributed by atoms with E-state index in [0.29, 0.717) is 5.92 Å². The van der Waals surface area contributed by atoms with Crippen LogP contribution in [0.4, 0.5) is 0 Å². The van der Waals surface area contributed by atoms with E-state index >= 15 is 0 Å². The maximum atomic E-state index is 5.88. The van der Waals surface area contributed by atoms with Crippen molar-refractivity contribution in [3.8, 4) is 0 Å². The van der Waals surface area contributed by atoms with Gasteiger partial charge in [-0.2, -0.15) is 0 Å². The zero-order chi connectivity index (χ0) is 11.0. The molecule has 1 heteroatoms. The van der Waals surface area contributed by atoms with Crippen LogP contribution in [-0.4, -0.2) is 6.54 Å². The third kappa shape index (κ3) is 1.93. The van der Waals surface area contributed by atoms with E-state index in [4.69, 9.17) is 5.73 Å². The monoisotopic (exact) mass is 203 g/mol. The molecular weight excluding hydrogens is 182 g/mol. The predicted octanol–water partition coefficient (Wildman–Crippen LogP) is 2.93. The molecule has 0 fully saturated rings. The lowest BCUT2D eigenvalue weighted by atomic mass is 9.75. The van der Waals surface area contributed by atoms with Crippen LogP contribution in [0.3, 0.4) is 0 Å². The summed E-state index contributed by atoms with van der Waals surface area (Å²) in [6.07, 6.45) is 2.49. The molecule has 0 radical (unpaired) electrons. The van der Waals surface area contributed by atoms with E-state index in [1.807, 2.05) is 0 Å². The van der Waals surface area contributed by atoms with E-state index in [-0.39, 0.29) is 0 Å². The van der Waals surface area contributed by atoms with E-state index in [1.54, 1.807) is 5.56 Å². The van der Waals surface area contributed by atoms with E-state index < -0.39 is 0 Å². The van der Waals surface area contributed by atoms with Crippen molar-refractivity contribution in [2.24, 2.45) is 11.7 Å². The molecule has 0 bridgehead atoms. The summed E-state index contributed by atoms with van der Waals surface area (Å²) >= 11 is 0. The van der Waals surface area contributed by atoms with Crippen LogP contribution in [0.25, 0.3) is 0 Å². The lowest BCUT2D eigenvalue weighted by Gasteiger charge is -2.30. The Balaban J connectivity index is 2.51. The molecule has 1 aromatic rings. The summed E-state index contributed by atoms with van der Waals surface area (Å²) in [6.45, 7) is 7.54. The first-order valence-corrected chi connectivity index (χ1v) is 5.92. The van der Waals surface area contributed by atoms with Crippen molar-refractivity contribution < 1.29 is 0 Å². The molecule has 0 aromatic heterocycles. The second kappa shape index (κ2) is 3.97. The molecule has 15 heavy (non-hydrogen) atoms. The molecule has 1 aliphatic carbocycles. The molecule has 0 aliphatic heterocycles. The first kappa shape index (κ1) is 10.7. The second-order valence-corrected chi connectivity index (χ2v) is 5.13. The molecule has 0 saturated carbocycles. The van der Waals surface area contributed by atoms with Gasteiger partial charge in [-0.15, -0.1) is 0 Å². The molecule has 1 aromatic carbocycles. The van der Waals surface area contributed by atoms with Crippen molar-refractivity contribution in [3.05, 3.63) is 34.4 Å². The molecule has 2 atom stereocenters. The van der Waals surface area contributed by atoms with Gasteiger partial charge in [0.25, 0.3) is 0 Å². The van der Waals surface area contributed by atoms with Gasteiger partial charge in [0.1, 0.15) is 0 Å². The van der Waals surface area contributed by atoms with E-state index in [9.17, 15) is 0 Å². The summed E-state index contributed by atoms with van der Waals surface area (Å²) < 4.78 is 0. The largest absolute Gasteiger partial charge is 0.330 e. The molecule has 2 N–H and O–H groups in total. The maximum Gasteiger partial charge on any atom is -0.000803 e. The van der Waals surface area contributed by atoms with Crippen molar-refractivity contribution in [2.75, 3.05) is 6.54 Å². The predicted molar refractivity (Wildman–Crippen MR) is 65.2 cm³/mol. The molecule has 2 unspecified atom stereocenters. The SMILES string of the molecule is Cc1cc(C)c2c(c1)C(CN)CC(C)C2. The average Bonchev–Trinajstić information content (AvgIpc) is 2.18. The molecule has 0 amide bonds. The lowest BCUT2D eigenvalue weighted by molar-refractivity contribution is 0.434. The maximum absolute atomic E-state index is 5.88. The number of hydrogen-bond donors (Lipinski definition) is 1. The Bertz CT molecular complexity index is 368. The van der Waals surface area contributed by atoms with Crippen molar-refractivity contribution in [1.29, 1.82) is 0 Å². The molecule has 0 heterocycles. The van der Waals surface area contributed by atoms with Gasteiger partial charge in [0, 0.05) is 0 Å².